The summed E-state index contributed by atoms with van der Waals surface area (Å²) in [4.78, 5) is 4.35. The molecule has 1 fully saturated rings. The molecule has 1 aromatic heterocycles. The molecule has 0 radical (unpaired) electrons. The van der Waals surface area contributed by atoms with E-state index in [4.69, 9.17) is 0 Å². The summed E-state index contributed by atoms with van der Waals surface area (Å²) < 4.78 is 14.5. The van der Waals surface area contributed by atoms with E-state index >= 15 is 0 Å². The van der Waals surface area contributed by atoms with E-state index in [-0.39, 0.29) is 0 Å². The van der Waals surface area contributed by atoms with E-state index < -0.39 is 5.67 Å². The highest BCUT2D eigenvalue weighted by Gasteiger charge is 2.29. The second kappa shape index (κ2) is 5.44. The van der Waals surface area contributed by atoms with Crippen LogP contribution in [0.15, 0.2) is 5.38 Å². The van der Waals surface area contributed by atoms with Crippen LogP contribution in [0.2, 0.25) is 0 Å². The zero-order valence-electron chi connectivity index (χ0n) is 10.6. The van der Waals surface area contributed by atoms with Crippen molar-refractivity contribution in [2.24, 2.45) is 0 Å². The predicted molar refractivity (Wildman–Crippen MR) is 70.3 cm³/mol. The van der Waals surface area contributed by atoms with Gasteiger partial charge in [0.2, 0.25) is 0 Å². The van der Waals surface area contributed by atoms with E-state index in [0.29, 0.717) is 18.9 Å². The molecule has 1 aromatic rings. The maximum absolute atomic E-state index is 14.5. The molecular formula is C13H21FN2S. The van der Waals surface area contributed by atoms with Crippen LogP contribution in [0.1, 0.15) is 43.3 Å². The van der Waals surface area contributed by atoms with Gasteiger partial charge >= 0.3 is 0 Å². The van der Waals surface area contributed by atoms with Crippen molar-refractivity contribution in [3.63, 3.8) is 0 Å². The van der Waals surface area contributed by atoms with Crippen molar-refractivity contribution in [3.05, 3.63) is 16.1 Å². The minimum Gasteiger partial charge on any atom is -0.314 e. The summed E-state index contributed by atoms with van der Waals surface area (Å²) in [5, 5.41) is 6.40. The molecule has 0 amide bonds. The highest BCUT2D eigenvalue weighted by Crippen LogP contribution is 2.26. The molecular weight excluding hydrogens is 235 g/mol. The molecule has 2 atom stereocenters. The Hall–Kier alpha value is -0.480. The molecule has 4 heteroatoms. The summed E-state index contributed by atoms with van der Waals surface area (Å²) >= 11 is 1.60. The number of halogens is 1. The first-order valence-electron chi connectivity index (χ1n) is 6.38. The van der Waals surface area contributed by atoms with Gasteiger partial charge in [0.1, 0.15) is 5.67 Å². The Labute approximate surface area is 107 Å². The van der Waals surface area contributed by atoms with Crippen LogP contribution in [-0.4, -0.2) is 23.2 Å². The van der Waals surface area contributed by atoms with Crippen LogP contribution in [0, 0.1) is 6.92 Å². The molecule has 1 aliphatic heterocycles. The fourth-order valence-electron chi connectivity index (χ4n) is 2.55. The number of aryl methyl sites for hydroxylation is 1. The lowest BCUT2D eigenvalue weighted by Gasteiger charge is -2.29. The molecule has 0 saturated carbocycles. The van der Waals surface area contributed by atoms with Crippen LogP contribution >= 0.6 is 11.3 Å². The number of nitrogens with one attached hydrogen (secondary N) is 1. The van der Waals surface area contributed by atoms with Crippen LogP contribution in [0.4, 0.5) is 4.39 Å². The molecule has 0 bridgehead atoms. The van der Waals surface area contributed by atoms with Crippen molar-refractivity contribution in [2.75, 3.05) is 6.54 Å². The van der Waals surface area contributed by atoms with E-state index in [9.17, 15) is 4.39 Å². The van der Waals surface area contributed by atoms with Gasteiger partial charge in [-0.25, -0.2) is 9.37 Å². The van der Waals surface area contributed by atoms with Crippen LogP contribution in [-0.2, 0) is 6.42 Å². The van der Waals surface area contributed by atoms with E-state index in [0.717, 1.165) is 23.7 Å². The average Bonchev–Trinajstić information content (AvgIpc) is 2.63. The first kappa shape index (κ1) is 13.0. The smallest absolute Gasteiger partial charge is 0.115 e. The number of nitrogens with zero attached hydrogens (tertiary/aromatic N) is 1. The average molecular weight is 256 g/mol. The predicted octanol–water partition coefficient (Wildman–Crippen LogP) is 3.25. The van der Waals surface area contributed by atoms with Crippen molar-refractivity contribution in [2.45, 2.75) is 57.7 Å². The topological polar surface area (TPSA) is 24.9 Å². The lowest BCUT2D eigenvalue weighted by atomic mass is 9.90. The van der Waals surface area contributed by atoms with Gasteiger partial charge in [0.05, 0.1) is 10.7 Å². The maximum atomic E-state index is 14.5. The number of thiazole rings is 1. The van der Waals surface area contributed by atoms with Gasteiger partial charge in [-0.1, -0.05) is 6.42 Å². The van der Waals surface area contributed by atoms with E-state index in [1.165, 1.54) is 12.8 Å². The second-order valence-corrected chi connectivity index (χ2v) is 6.36. The SMILES string of the molecule is Cc1nc(CC(C)(F)CC2CCCCN2)cs1. The van der Waals surface area contributed by atoms with Crippen molar-refractivity contribution in [1.82, 2.24) is 10.3 Å². The molecule has 0 spiro atoms. The largest absolute Gasteiger partial charge is 0.314 e. The van der Waals surface area contributed by atoms with Gasteiger partial charge in [-0.05, 0) is 39.7 Å². The minimum atomic E-state index is -1.14. The summed E-state index contributed by atoms with van der Waals surface area (Å²) in [5.74, 6) is 0. The van der Waals surface area contributed by atoms with Crippen molar-refractivity contribution in [1.29, 1.82) is 0 Å². The Balaban J connectivity index is 1.88. The standard InChI is InChI=1S/C13H21FN2S/c1-10-16-12(9-17-10)8-13(2,14)7-11-5-3-4-6-15-11/h9,11,15H,3-8H2,1-2H3. The Kier molecular flexibility index (Phi) is 4.15. The molecule has 1 N–H and O–H groups in total. The maximum Gasteiger partial charge on any atom is 0.115 e. The number of rotatable bonds is 4. The molecule has 2 heterocycles. The van der Waals surface area contributed by atoms with Gasteiger partial charge in [0, 0.05) is 17.8 Å². The normalized spacial score (nSPS) is 24.5. The van der Waals surface area contributed by atoms with Gasteiger partial charge < -0.3 is 5.32 Å². The fraction of sp³-hybridized carbons (Fsp3) is 0.769. The van der Waals surface area contributed by atoms with Gasteiger partial charge in [0.25, 0.3) is 0 Å². The minimum absolute atomic E-state index is 0.346. The highest BCUT2D eigenvalue weighted by atomic mass is 32.1. The van der Waals surface area contributed by atoms with Crippen molar-refractivity contribution in [3.8, 4) is 0 Å². The molecule has 2 rings (SSSR count). The molecule has 2 unspecified atom stereocenters. The summed E-state index contributed by atoms with van der Waals surface area (Å²) in [5.41, 5.74) is -0.247. The molecule has 1 aliphatic rings. The number of aromatic nitrogens is 1. The first-order chi connectivity index (χ1) is 8.05. The van der Waals surface area contributed by atoms with E-state index in [1.54, 1.807) is 18.3 Å². The number of hydrogen-bond donors (Lipinski definition) is 1. The summed E-state index contributed by atoms with van der Waals surface area (Å²) in [6.45, 7) is 4.71. The first-order valence-corrected chi connectivity index (χ1v) is 7.26. The Morgan fingerprint density at radius 3 is 3.00 bits per heavy atom. The van der Waals surface area contributed by atoms with Gasteiger partial charge in [-0.2, -0.15) is 0 Å². The molecule has 2 nitrogen and oxygen atoms in total. The van der Waals surface area contributed by atoms with Crippen molar-refractivity contribution < 1.29 is 4.39 Å². The highest BCUT2D eigenvalue weighted by molar-refractivity contribution is 7.09. The number of alkyl halides is 1. The fourth-order valence-corrected chi connectivity index (χ4v) is 3.16. The lowest BCUT2D eigenvalue weighted by Crippen LogP contribution is -2.40. The Bertz CT molecular complexity index is 356. The van der Waals surface area contributed by atoms with Crippen LogP contribution < -0.4 is 5.32 Å². The van der Waals surface area contributed by atoms with Crippen LogP contribution in [0.3, 0.4) is 0 Å². The lowest BCUT2D eigenvalue weighted by molar-refractivity contribution is 0.145. The summed E-state index contributed by atoms with van der Waals surface area (Å²) in [7, 11) is 0. The Morgan fingerprint density at radius 2 is 2.41 bits per heavy atom. The van der Waals surface area contributed by atoms with Gasteiger partial charge in [0.15, 0.2) is 0 Å². The Morgan fingerprint density at radius 1 is 1.59 bits per heavy atom. The van der Waals surface area contributed by atoms with Crippen molar-refractivity contribution >= 4 is 11.3 Å². The molecule has 96 valence electrons. The van der Waals surface area contributed by atoms with Crippen LogP contribution in [0.5, 0.6) is 0 Å². The molecule has 17 heavy (non-hydrogen) atoms. The zero-order valence-corrected chi connectivity index (χ0v) is 11.4. The zero-order chi connectivity index (χ0) is 12.3. The summed E-state index contributed by atoms with van der Waals surface area (Å²) in [6, 6.07) is 0.346. The number of piperidine rings is 1. The number of hydrogen-bond acceptors (Lipinski definition) is 3. The molecule has 0 aromatic carbocycles. The van der Waals surface area contributed by atoms with Crippen LogP contribution in [0.25, 0.3) is 0 Å². The third kappa shape index (κ3) is 4.03. The molecule has 1 saturated heterocycles. The monoisotopic (exact) mass is 256 g/mol. The van der Waals surface area contributed by atoms with E-state index in [1.807, 2.05) is 12.3 Å². The van der Waals surface area contributed by atoms with Gasteiger partial charge in [-0.15, -0.1) is 11.3 Å². The van der Waals surface area contributed by atoms with E-state index in [2.05, 4.69) is 10.3 Å². The van der Waals surface area contributed by atoms with Gasteiger partial charge in [-0.3, -0.25) is 0 Å². The third-order valence-corrected chi connectivity index (χ3v) is 4.12. The molecule has 0 aliphatic carbocycles. The quantitative estimate of drug-likeness (QED) is 0.894. The summed E-state index contributed by atoms with van der Waals surface area (Å²) in [6.07, 6.45) is 4.60. The second-order valence-electron chi connectivity index (χ2n) is 5.30. The third-order valence-electron chi connectivity index (χ3n) is 3.30.